The van der Waals surface area contributed by atoms with E-state index in [1.54, 1.807) is 0 Å². The zero-order chi connectivity index (χ0) is 19.8. The number of carbonyl (C=O) groups excluding carboxylic acids is 3. The molecule has 2 aliphatic rings. The van der Waals surface area contributed by atoms with Gasteiger partial charge in [0.2, 0.25) is 11.8 Å². The predicted molar refractivity (Wildman–Crippen MR) is 93.9 cm³/mol. The summed E-state index contributed by atoms with van der Waals surface area (Å²) in [7, 11) is 0. The van der Waals surface area contributed by atoms with Crippen molar-refractivity contribution < 1.29 is 23.2 Å². The maximum absolute atomic E-state index is 14.6. The van der Waals surface area contributed by atoms with Gasteiger partial charge in [0.15, 0.2) is 0 Å². The van der Waals surface area contributed by atoms with Gasteiger partial charge >= 0.3 is 6.03 Å². The normalized spacial score (nSPS) is 22.7. The van der Waals surface area contributed by atoms with Crippen LogP contribution in [-0.4, -0.2) is 24.4 Å². The van der Waals surface area contributed by atoms with Crippen LogP contribution in [0.15, 0.2) is 12.1 Å². The Kier molecular flexibility index (Phi) is 5.37. The predicted octanol–water partition coefficient (Wildman–Crippen LogP) is 2.81. The van der Waals surface area contributed by atoms with Crippen molar-refractivity contribution in [2.45, 2.75) is 38.6 Å². The third-order valence-electron chi connectivity index (χ3n) is 5.41. The van der Waals surface area contributed by atoms with Gasteiger partial charge in [-0.25, -0.2) is 13.6 Å². The second kappa shape index (κ2) is 7.42. The lowest BCUT2D eigenvalue weighted by Crippen LogP contribution is -2.47. The molecule has 1 saturated carbocycles. The minimum atomic E-state index is -0.931. The maximum atomic E-state index is 14.6. The van der Waals surface area contributed by atoms with Crippen molar-refractivity contribution in [3.63, 3.8) is 0 Å². The van der Waals surface area contributed by atoms with E-state index in [2.05, 4.69) is 16.0 Å². The van der Waals surface area contributed by atoms with Gasteiger partial charge in [0.1, 0.15) is 11.6 Å². The fraction of sp³-hybridized carbons (Fsp3) is 0.500. The minimum absolute atomic E-state index is 0.0483. The second-order valence-electron chi connectivity index (χ2n) is 7.37. The maximum Gasteiger partial charge on any atom is 0.321 e. The molecular formula is C18H20ClF2N3O3. The Morgan fingerprint density at radius 3 is 2.67 bits per heavy atom. The van der Waals surface area contributed by atoms with Crippen LogP contribution in [-0.2, 0) is 9.59 Å². The SMILES string of the molecule is CC1(C(NC(=O)C2CNC(=O)NC(=O)C2)c2c(F)ccc(Cl)c2F)CCC1. The second-order valence-corrected chi connectivity index (χ2v) is 7.77. The standard InChI is InChI=1S/C18H20ClF2N3O3/c1-18(5-2-6-18)15(13-11(20)4-3-10(19)14(13)21)24-16(26)9-7-12(25)23-17(27)22-8-9/h3-4,9,15H,2,5-8H2,1H3,(H,24,26)(H2,22,23,25,27). The number of urea groups is 1. The molecule has 4 amide bonds. The molecule has 0 radical (unpaired) electrons. The lowest BCUT2D eigenvalue weighted by molar-refractivity contribution is -0.131. The molecule has 1 aromatic rings. The van der Waals surface area contributed by atoms with Gasteiger partial charge in [0, 0.05) is 18.5 Å². The number of hydrogen-bond acceptors (Lipinski definition) is 3. The molecule has 1 saturated heterocycles. The average molecular weight is 400 g/mol. The van der Waals surface area contributed by atoms with E-state index in [1.807, 2.05) is 6.92 Å². The van der Waals surface area contributed by atoms with E-state index >= 15 is 0 Å². The Labute approximate surface area is 160 Å². The van der Waals surface area contributed by atoms with Crippen LogP contribution in [0, 0.1) is 23.0 Å². The van der Waals surface area contributed by atoms with Crippen LogP contribution in [0.2, 0.25) is 5.02 Å². The van der Waals surface area contributed by atoms with Crippen molar-refractivity contribution in [3.05, 3.63) is 34.4 Å². The number of benzene rings is 1. The fourth-order valence-electron chi connectivity index (χ4n) is 3.60. The van der Waals surface area contributed by atoms with Crippen molar-refractivity contribution >= 4 is 29.4 Å². The van der Waals surface area contributed by atoms with E-state index in [0.29, 0.717) is 12.8 Å². The molecule has 2 atom stereocenters. The van der Waals surface area contributed by atoms with Crippen molar-refractivity contribution in [2.24, 2.45) is 11.3 Å². The van der Waals surface area contributed by atoms with Gasteiger partial charge in [-0.2, -0.15) is 0 Å². The Hall–Kier alpha value is -2.22. The summed E-state index contributed by atoms with van der Waals surface area (Å²) in [5, 5.41) is 6.98. The summed E-state index contributed by atoms with van der Waals surface area (Å²) in [5.74, 6) is -3.67. The summed E-state index contributed by atoms with van der Waals surface area (Å²) >= 11 is 5.83. The van der Waals surface area contributed by atoms with Crippen LogP contribution in [0.25, 0.3) is 0 Å². The van der Waals surface area contributed by atoms with Crippen LogP contribution in [0.3, 0.4) is 0 Å². The van der Waals surface area contributed by atoms with Gasteiger partial charge < -0.3 is 10.6 Å². The molecule has 0 spiro atoms. The molecule has 3 N–H and O–H groups in total. The Balaban J connectivity index is 1.89. The van der Waals surface area contributed by atoms with Crippen molar-refractivity contribution in [1.82, 2.24) is 16.0 Å². The van der Waals surface area contributed by atoms with Crippen molar-refractivity contribution in [2.75, 3.05) is 6.54 Å². The average Bonchev–Trinajstić information content (AvgIpc) is 2.75. The van der Waals surface area contributed by atoms with E-state index in [9.17, 15) is 23.2 Å². The smallest absolute Gasteiger partial charge is 0.321 e. The monoisotopic (exact) mass is 399 g/mol. The van der Waals surface area contributed by atoms with Crippen LogP contribution >= 0.6 is 11.6 Å². The first kappa shape index (κ1) is 19.5. The molecule has 1 aliphatic carbocycles. The molecule has 2 fully saturated rings. The van der Waals surface area contributed by atoms with E-state index in [-0.39, 0.29) is 23.6 Å². The summed E-state index contributed by atoms with van der Waals surface area (Å²) in [6, 6.07) is 0.591. The van der Waals surface area contributed by atoms with Gasteiger partial charge in [-0.15, -0.1) is 0 Å². The largest absolute Gasteiger partial charge is 0.348 e. The molecule has 6 nitrogen and oxygen atoms in total. The molecule has 146 valence electrons. The highest BCUT2D eigenvalue weighted by molar-refractivity contribution is 6.30. The molecule has 1 aromatic carbocycles. The highest BCUT2D eigenvalue weighted by Gasteiger charge is 2.44. The van der Waals surface area contributed by atoms with E-state index in [1.165, 1.54) is 0 Å². The molecule has 27 heavy (non-hydrogen) atoms. The molecule has 0 aromatic heterocycles. The lowest BCUT2D eigenvalue weighted by atomic mass is 9.63. The van der Waals surface area contributed by atoms with Crippen LogP contribution in [0.5, 0.6) is 0 Å². The molecule has 1 aliphatic heterocycles. The van der Waals surface area contributed by atoms with E-state index < -0.39 is 46.9 Å². The first-order chi connectivity index (χ1) is 12.7. The van der Waals surface area contributed by atoms with Gasteiger partial charge in [0.05, 0.1) is 17.0 Å². The van der Waals surface area contributed by atoms with E-state index in [4.69, 9.17) is 11.6 Å². The number of carbonyl (C=O) groups is 3. The Bertz CT molecular complexity index is 798. The Morgan fingerprint density at radius 1 is 1.33 bits per heavy atom. The number of imide groups is 1. The third-order valence-corrected chi connectivity index (χ3v) is 5.70. The zero-order valence-electron chi connectivity index (χ0n) is 14.7. The van der Waals surface area contributed by atoms with Gasteiger partial charge in [-0.1, -0.05) is 24.9 Å². The topological polar surface area (TPSA) is 87.3 Å². The molecular weight excluding hydrogens is 380 g/mol. The third kappa shape index (κ3) is 3.90. The molecule has 9 heteroatoms. The zero-order valence-corrected chi connectivity index (χ0v) is 15.5. The number of nitrogens with one attached hydrogen (secondary N) is 3. The fourth-order valence-corrected chi connectivity index (χ4v) is 3.77. The summed E-state index contributed by atoms with van der Waals surface area (Å²) in [6.45, 7) is 1.80. The Morgan fingerprint density at radius 2 is 2.04 bits per heavy atom. The number of rotatable bonds is 4. The highest BCUT2D eigenvalue weighted by atomic mass is 35.5. The minimum Gasteiger partial charge on any atom is -0.348 e. The molecule has 2 unspecified atom stereocenters. The number of hydrogen-bond donors (Lipinski definition) is 3. The quantitative estimate of drug-likeness (QED) is 0.680. The van der Waals surface area contributed by atoms with E-state index in [0.717, 1.165) is 18.6 Å². The molecule has 3 rings (SSSR count). The van der Waals surface area contributed by atoms with Gasteiger partial charge in [-0.3, -0.25) is 14.9 Å². The van der Waals surface area contributed by atoms with Gasteiger partial charge in [0.25, 0.3) is 0 Å². The lowest BCUT2D eigenvalue weighted by Gasteiger charge is -2.46. The first-order valence-corrected chi connectivity index (χ1v) is 9.10. The summed E-state index contributed by atoms with van der Waals surface area (Å²) < 4.78 is 29.1. The summed E-state index contributed by atoms with van der Waals surface area (Å²) in [6.07, 6.45) is 2.06. The van der Waals surface area contributed by atoms with Gasteiger partial charge in [-0.05, 0) is 30.4 Å². The van der Waals surface area contributed by atoms with Crippen LogP contribution in [0.4, 0.5) is 13.6 Å². The molecule has 1 heterocycles. The summed E-state index contributed by atoms with van der Waals surface area (Å²) in [4.78, 5) is 35.8. The van der Waals surface area contributed by atoms with Crippen molar-refractivity contribution in [1.29, 1.82) is 0 Å². The van der Waals surface area contributed by atoms with Crippen LogP contribution in [0.1, 0.15) is 44.2 Å². The highest BCUT2D eigenvalue weighted by Crippen LogP contribution is 2.51. The molecule has 0 bridgehead atoms. The first-order valence-electron chi connectivity index (χ1n) is 8.73. The van der Waals surface area contributed by atoms with Crippen molar-refractivity contribution in [3.8, 4) is 0 Å². The summed E-state index contributed by atoms with van der Waals surface area (Å²) in [5.41, 5.74) is -0.807. The van der Waals surface area contributed by atoms with Crippen LogP contribution < -0.4 is 16.0 Å². The number of halogens is 3. The number of amides is 4.